The van der Waals surface area contributed by atoms with Gasteiger partial charge in [0.25, 0.3) is 0 Å². The molecule has 456 valence electrons. The molecule has 8 aliphatic rings. The summed E-state index contributed by atoms with van der Waals surface area (Å²) >= 11 is 0. The first-order chi connectivity index (χ1) is 38.1. The fraction of sp³-hybridized carbons (Fsp3) is 0.807. The van der Waals surface area contributed by atoms with Crippen molar-refractivity contribution in [1.29, 1.82) is 0 Å². The monoisotopic (exact) mass is 1150 g/mol. The topological polar surface area (TPSA) is 377 Å². The zero-order valence-corrected chi connectivity index (χ0v) is 47.1. The van der Waals surface area contributed by atoms with Crippen molar-refractivity contribution >= 4 is 17.9 Å². The number of benzene rings is 1. The number of carboxylic acids is 1. The standard InChI is InChI=1S/C57H84O24/c1-52(2)17-18-57(51(72)81-49-44(39(65)37(63)31(23-59)76-49)78-47(71)25-9-11-28(73-7)29(19-25)74-8)27(20-52)26-10-12-33-53(3)15-14-35(54(4,24-60)32(53)13-16-55(33,5)56(26,6)21-34(57)61)77-50-45(41(67)40(66)43(79-50)46(69)70)80-48-42(68)38(64)36(62)30(22-58)75-48/h9-11,19,27,30-45,48-50,58-68H,12-18,20-24H2,1-8H3,(H,69,70)/t27-,30+,31+,32?,33?,34+,35-,36+,37+,38-,39-,40-,41-,42+,43-,44+,45+,48-,49-,50+,53-,54-,55+,56+,57+/m0/s1. The van der Waals surface area contributed by atoms with Crippen LogP contribution in [-0.4, -0.2) is 218 Å². The van der Waals surface area contributed by atoms with E-state index in [-0.39, 0.29) is 47.8 Å². The number of rotatable bonds is 14. The Morgan fingerprint density at radius 3 is 1.91 bits per heavy atom. The minimum Gasteiger partial charge on any atom is -0.493 e. The van der Waals surface area contributed by atoms with Gasteiger partial charge in [-0.2, -0.15) is 0 Å². The Kier molecular flexibility index (Phi) is 17.3. The molecule has 0 spiro atoms. The number of ether oxygens (including phenoxy) is 9. The van der Waals surface area contributed by atoms with Gasteiger partial charge in [0.1, 0.15) is 66.5 Å². The minimum absolute atomic E-state index is 0.0246. The number of aliphatic carboxylic acids is 1. The predicted octanol–water partition coefficient (Wildman–Crippen LogP) is 0.0579. The summed E-state index contributed by atoms with van der Waals surface area (Å²) < 4.78 is 52.5. The largest absolute Gasteiger partial charge is 0.493 e. The van der Waals surface area contributed by atoms with E-state index in [1.165, 1.54) is 32.4 Å². The fourth-order valence-corrected chi connectivity index (χ4v) is 16.4. The van der Waals surface area contributed by atoms with Crippen LogP contribution in [0, 0.1) is 50.2 Å². The summed E-state index contributed by atoms with van der Waals surface area (Å²) in [5.41, 5.74) is -3.72. The van der Waals surface area contributed by atoms with Crippen molar-refractivity contribution in [3.05, 3.63) is 35.4 Å². The van der Waals surface area contributed by atoms with Crippen LogP contribution in [0.15, 0.2) is 29.8 Å². The van der Waals surface area contributed by atoms with Crippen LogP contribution < -0.4 is 9.47 Å². The van der Waals surface area contributed by atoms with Crippen molar-refractivity contribution in [2.24, 2.45) is 50.2 Å². The van der Waals surface area contributed by atoms with E-state index in [0.29, 0.717) is 44.3 Å². The van der Waals surface area contributed by atoms with Crippen molar-refractivity contribution in [1.82, 2.24) is 0 Å². The first kappa shape index (κ1) is 61.9. The molecule has 5 aliphatic carbocycles. The first-order valence-corrected chi connectivity index (χ1v) is 28.2. The third-order valence-electron chi connectivity index (χ3n) is 21.3. The number of esters is 2. The van der Waals surface area contributed by atoms with Gasteiger partial charge < -0.3 is 104 Å². The van der Waals surface area contributed by atoms with Crippen LogP contribution in [0.2, 0.25) is 0 Å². The number of carbonyl (C=O) groups excluding carboxylic acids is 2. The van der Waals surface area contributed by atoms with Gasteiger partial charge in [0.2, 0.25) is 6.29 Å². The van der Waals surface area contributed by atoms with Gasteiger partial charge in [-0.1, -0.05) is 53.2 Å². The van der Waals surface area contributed by atoms with E-state index in [1.54, 1.807) is 0 Å². The Morgan fingerprint density at radius 1 is 0.642 bits per heavy atom. The number of aliphatic hydroxyl groups is 11. The summed E-state index contributed by atoms with van der Waals surface area (Å²) in [4.78, 5) is 41.5. The average Bonchev–Trinajstić information content (AvgIpc) is 2.63. The highest BCUT2D eigenvalue weighted by Gasteiger charge is 2.73. The molecule has 1 aromatic carbocycles. The SMILES string of the molecule is COc1ccc(C(=O)O[C@H]2[C@H](OC(=O)[C@]34CCC(C)(C)C[C@H]3C3=CCC5[C@@]6(C)CC[C@H](O[C@@H]7O[C@H](C(=O)O)[C@@H](O)[C@H](O)[C@H]7O[C@@H]7O[C@H](CO)[C@@H](O)[C@H](O)[C@H]7O)[C@@](C)(CO)C6CC[C@@]5(C)[C@]3(C)C[C@H]4O)O[C@H](CO)[C@@H](O)[C@@H]2O)cc1OC. The maximum Gasteiger partial charge on any atom is 0.338 e. The number of carboxylic acid groups (broad SMARTS) is 1. The van der Waals surface area contributed by atoms with Crippen molar-refractivity contribution in [3.8, 4) is 11.5 Å². The van der Waals surface area contributed by atoms with Crippen molar-refractivity contribution in [2.75, 3.05) is 34.0 Å². The quantitative estimate of drug-likeness (QED) is 0.0665. The summed E-state index contributed by atoms with van der Waals surface area (Å²) in [7, 11) is 2.80. The summed E-state index contributed by atoms with van der Waals surface area (Å²) in [6.45, 7) is 10.7. The number of hydrogen-bond donors (Lipinski definition) is 12. The Morgan fingerprint density at radius 2 is 1.28 bits per heavy atom. The molecular formula is C57H84O24. The smallest absolute Gasteiger partial charge is 0.338 e. The molecule has 3 saturated heterocycles. The normalized spacial score (nSPS) is 47.5. The van der Waals surface area contributed by atoms with E-state index < -0.39 is 175 Å². The molecule has 0 amide bonds. The Labute approximate surface area is 469 Å². The van der Waals surface area contributed by atoms with Crippen LogP contribution in [0.4, 0.5) is 0 Å². The van der Waals surface area contributed by atoms with Gasteiger partial charge in [0.05, 0.1) is 51.8 Å². The Bertz CT molecular complexity index is 2510. The van der Waals surface area contributed by atoms with Gasteiger partial charge in [0.15, 0.2) is 36.3 Å². The third kappa shape index (κ3) is 10.0. The van der Waals surface area contributed by atoms with Gasteiger partial charge >= 0.3 is 17.9 Å². The molecule has 4 saturated carbocycles. The number of carbonyl (C=O) groups is 3. The van der Waals surface area contributed by atoms with Crippen LogP contribution in [0.25, 0.3) is 0 Å². The van der Waals surface area contributed by atoms with E-state index in [4.69, 9.17) is 42.6 Å². The van der Waals surface area contributed by atoms with Crippen molar-refractivity contribution in [3.63, 3.8) is 0 Å². The molecule has 0 bridgehead atoms. The number of hydrogen-bond acceptors (Lipinski definition) is 23. The minimum atomic E-state index is -2.07. The second-order valence-corrected chi connectivity index (χ2v) is 25.9. The Balaban J connectivity index is 0.996. The summed E-state index contributed by atoms with van der Waals surface area (Å²) in [6.07, 6.45) is -23.3. The zero-order valence-electron chi connectivity index (χ0n) is 47.1. The van der Waals surface area contributed by atoms with E-state index in [1.807, 2.05) is 6.92 Å². The number of aliphatic hydroxyl groups excluding tert-OH is 11. The average molecular weight is 1150 g/mol. The molecule has 0 radical (unpaired) electrons. The second kappa shape index (κ2) is 22.6. The van der Waals surface area contributed by atoms with Crippen LogP contribution in [0.3, 0.4) is 0 Å². The van der Waals surface area contributed by atoms with Crippen LogP contribution in [-0.2, 0) is 42.7 Å². The zero-order chi connectivity index (χ0) is 59.3. The molecule has 25 atom stereocenters. The molecule has 2 unspecified atom stereocenters. The lowest BCUT2D eigenvalue weighted by Gasteiger charge is -2.72. The molecule has 1 aromatic rings. The lowest BCUT2D eigenvalue weighted by molar-refractivity contribution is -0.375. The first-order valence-electron chi connectivity index (χ1n) is 28.2. The van der Waals surface area contributed by atoms with Crippen LogP contribution >= 0.6 is 0 Å². The molecule has 9 rings (SSSR count). The van der Waals surface area contributed by atoms with Crippen molar-refractivity contribution < 1.29 is 118 Å². The Hall–Kier alpha value is -3.67. The third-order valence-corrected chi connectivity index (χ3v) is 21.3. The van der Waals surface area contributed by atoms with Crippen LogP contribution in [0.5, 0.6) is 11.5 Å². The lowest BCUT2D eigenvalue weighted by Crippen LogP contribution is -2.69. The highest BCUT2D eigenvalue weighted by molar-refractivity contribution is 5.90. The van der Waals surface area contributed by atoms with Crippen LogP contribution in [0.1, 0.15) is 110 Å². The molecule has 81 heavy (non-hydrogen) atoms. The van der Waals surface area contributed by atoms with E-state index in [2.05, 4.69) is 40.7 Å². The van der Waals surface area contributed by atoms with Gasteiger partial charge in [-0.15, -0.1) is 0 Å². The van der Waals surface area contributed by atoms with Gasteiger partial charge in [-0.3, -0.25) is 4.79 Å². The van der Waals surface area contributed by atoms with E-state index in [9.17, 15) is 70.9 Å². The number of methoxy groups -OCH3 is 2. The summed E-state index contributed by atoms with van der Waals surface area (Å²) in [6, 6.07) is 4.23. The highest BCUT2D eigenvalue weighted by Crippen LogP contribution is 2.76. The predicted molar refractivity (Wildman–Crippen MR) is 276 cm³/mol. The molecule has 24 nitrogen and oxygen atoms in total. The molecule has 0 aromatic heterocycles. The van der Waals surface area contributed by atoms with Gasteiger partial charge in [-0.25, -0.2) is 9.59 Å². The molecule has 3 heterocycles. The maximum absolute atomic E-state index is 15.4. The highest BCUT2D eigenvalue weighted by atomic mass is 16.8. The van der Waals surface area contributed by atoms with Gasteiger partial charge in [-0.05, 0) is 115 Å². The molecule has 3 aliphatic heterocycles. The number of fused-ring (bicyclic) bond motifs is 7. The summed E-state index contributed by atoms with van der Waals surface area (Å²) in [5, 5.41) is 131. The summed E-state index contributed by atoms with van der Waals surface area (Å²) in [5.74, 6) is -3.84. The van der Waals surface area contributed by atoms with Crippen molar-refractivity contribution in [2.45, 2.75) is 204 Å². The van der Waals surface area contributed by atoms with E-state index >= 15 is 4.79 Å². The number of allylic oxidation sites excluding steroid dienone is 2. The molecule has 7 fully saturated rings. The van der Waals surface area contributed by atoms with E-state index in [0.717, 1.165) is 5.57 Å². The fourth-order valence-electron chi connectivity index (χ4n) is 16.4. The second-order valence-electron chi connectivity index (χ2n) is 25.9. The molecule has 12 N–H and O–H groups in total. The van der Waals surface area contributed by atoms with Gasteiger partial charge in [0, 0.05) is 5.41 Å². The molecule has 24 heteroatoms. The molecular weight excluding hydrogens is 1070 g/mol. The lowest BCUT2D eigenvalue weighted by atomic mass is 9.33. The maximum atomic E-state index is 15.4.